The Morgan fingerprint density at radius 1 is 1.00 bits per heavy atom. The molecule has 0 unspecified atom stereocenters. The van der Waals surface area contributed by atoms with Crippen LogP contribution in [0.15, 0.2) is 65.1 Å². The number of furan rings is 1. The number of rotatable bonds is 6. The summed E-state index contributed by atoms with van der Waals surface area (Å²) in [5.41, 5.74) is 2.42. The van der Waals surface area contributed by atoms with Gasteiger partial charge in [0.1, 0.15) is 11.5 Å². The van der Waals surface area contributed by atoms with Crippen molar-refractivity contribution < 1.29 is 14.0 Å². The molecule has 0 saturated carbocycles. The molecule has 3 aromatic rings. The Hall–Kier alpha value is -3.22. The van der Waals surface area contributed by atoms with Gasteiger partial charge in [-0.05, 0) is 48.5 Å². The highest BCUT2D eigenvalue weighted by atomic mass is 35.5. The van der Waals surface area contributed by atoms with E-state index in [4.69, 9.17) is 27.6 Å². The van der Waals surface area contributed by atoms with Crippen LogP contribution in [0.2, 0.25) is 10.0 Å². The van der Waals surface area contributed by atoms with Gasteiger partial charge in [0, 0.05) is 54.3 Å². The zero-order chi connectivity index (χ0) is 24.1. The van der Waals surface area contributed by atoms with Crippen molar-refractivity contribution in [2.24, 2.45) is 0 Å². The number of benzene rings is 2. The van der Waals surface area contributed by atoms with Crippen molar-refractivity contribution in [1.29, 1.82) is 0 Å². The molecule has 1 aliphatic rings. The number of hydrogen-bond donors (Lipinski definition) is 1. The van der Waals surface area contributed by atoms with Gasteiger partial charge in [0.25, 0.3) is 0 Å². The molecule has 1 aromatic heterocycles. The van der Waals surface area contributed by atoms with Crippen molar-refractivity contribution in [2.45, 2.75) is 13.3 Å². The average molecular weight is 498 g/mol. The lowest BCUT2D eigenvalue weighted by Gasteiger charge is -2.36. The smallest absolute Gasteiger partial charge is 0.248 e. The SMILES string of the molecule is CCC(=O)N1CCN(c2ccccc2NC(=O)/C=C/c2ccc(-c3cc(Cl)cc(Cl)c3)o2)CC1. The Morgan fingerprint density at radius 2 is 1.71 bits per heavy atom. The predicted octanol–water partition coefficient (Wildman–Crippen LogP) is 5.96. The summed E-state index contributed by atoms with van der Waals surface area (Å²) in [7, 11) is 0. The Balaban J connectivity index is 1.40. The summed E-state index contributed by atoms with van der Waals surface area (Å²) >= 11 is 12.1. The van der Waals surface area contributed by atoms with Crippen molar-refractivity contribution in [2.75, 3.05) is 36.4 Å². The third-order valence-electron chi connectivity index (χ3n) is 5.61. The minimum atomic E-state index is -0.268. The number of anilines is 2. The summed E-state index contributed by atoms with van der Waals surface area (Å²) in [6, 6.07) is 16.4. The van der Waals surface area contributed by atoms with Gasteiger partial charge in [0.05, 0.1) is 11.4 Å². The summed E-state index contributed by atoms with van der Waals surface area (Å²) in [5, 5.41) is 3.99. The number of hydrogen-bond acceptors (Lipinski definition) is 4. The first-order valence-corrected chi connectivity index (χ1v) is 11.9. The van der Waals surface area contributed by atoms with Crippen LogP contribution in [-0.4, -0.2) is 42.9 Å². The van der Waals surface area contributed by atoms with Gasteiger partial charge in [-0.15, -0.1) is 0 Å². The number of nitrogens with one attached hydrogen (secondary N) is 1. The largest absolute Gasteiger partial charge is 0.457 e. The van der Waals surface area contributed by atoms with E-state index in [9.17, 15) is 9.59 Å². The van der Waals surface area contributed by atoms with Gasteiger partial charge < -0.3 is 19.5 Å². The minimum Gasteiger partial charge on any atom is -0.457 e. The van der Waals surface area contributed by atoms with E-state index in [2.05, 4.69) is 10.2 Å². The molecule has 8 heteroatoms. The maximum absolute atomic E-state index is 12.6. The summed E-state index contributed by atoms with van der Waals surface area (Å²) in [4.78, 5) is 28.6. The van der Waals surface area contributed by atoms with Crippen LogP contribution in [-0.2, 0) is 9.59 Å². The second-order valence-corrected chi connectivity index (χ2v) is 8.79. The van der Waals surface area contributed by atoms with Gasteiger partial charge in [-0.3, -0.25) is 9.59 Å². The van der Waals surface area contributed by atoms with Crippen molar-refractivity contribution in [3.05, 3.63) is 76.5 Å². The van der Waals surface area contributed by atoms with Crippen LogP contribution in [0.25, 0.3) is 17.4 Å². The van der Waals surface area contributed by atoms with Crippen molar-refractivity contribution >= 4 is 52.5 Å². The van der Waals surface area contributed by atoms with Gasteiger partial charge in [-0.1, -0.05) is 42.3 Å². The van der Waals surface area contributed by atoms with E-state index in [1.165, 1.54) is 6.08 Å². The molecule has 1 fully saturated rings. The Labute approximate surface area is 208 Å². The van der Waals surface area contributed by atoms with Crippen LogP contribution in [0, 0.1) is 0 Å². The highest BCUT2D eigenvalue weighted by Gasteiger charge is 2.21. The average Bonchev–Trinajstić information content (AvgIpc) is 3.31. The lowest BCUT2D eigenvalue weighted by Crippen LogP contribution is -2.48. The molecule has 1 saturated heterocycles. The van der Waals surface area contributed by atoms with Gasteiger partial charge >= 0.3 is 0 Å². The number of nitrogens with zero attached hydrogens (tertiary/aromatic N) is 2. The van der Waals surface area contributed by atoms with E-state index >= 15 is 0 Å². The molecule has 1 aliphatic heterocycles. The van der Waals surface area contributed by atoms with Gasteiger partial charge in [0.2, 0.25) is 11.8 Å². The second kappa shape index (κ2) is 10.8. The summed E-state index contributed by atoms with van der Waals surface area (Å²) in [5.74, 6) is 1.05. The van der Waals surface area contributed by atoms with E-state index in [1.807, 2.05) is 36.1 Å². The normalized spacial score (nSPS) is 14.0. The number of carbonyl (C=O) groups excluding carboxylic acids is 2. The quantitative estimate of drug-likeness (QED) is 0.426. The fourth-order valence-electron chi connectivity index (χ4n) is 3.90. The first kappa shape index (κ1) is 23.9. The molecule has 0 spiro atoms. The van der Waals surface area contributed by atoms with Crippen LogP contribution < -0.4 is 10.2 Å². The Morgan fingerprint density at radius 3 is 2.41 bits per heavy atom. The number of para-hydroxylation sites is 2. The molecule has 2 amide bonds. The molecule has 34 heavy (non-hydrogen) atoms. The molecule has 0 radical (unpaired) electrons. The van der Waals surface area contributed by atoms with Crippen LogP contribution in [0.5, 0.6) is 0 Å². The molecule has 2 aromatic carbocycles. The fourth-order valence-corrected chi connectivity index (χ4v) is 4.43. The predicted molar refractivity (Wildman–Crippen MR) is 137 cm³/mol. The maximum Gasteiger partial charge on any atom is 0.248 e. The third kappa shape index (κ3) is 5.82. The van der Waals surface area contributed by atoms with Crippen LogP contribution in [0.3, 0.4) is 0 Å². The summed E-state index contributed by atoms with van der Waals surface area (Å²) in [6.07, 6.45) is 3.56. The van der Waals surface area contributed by atoms with Crippen molar-refractivity contribution in [1.82, 2.24) is 4.90 Å². The zero-order valence-corrected chi connectivity index (χ0v) is 20.3. The molecule has 2 heterocycles. The molecule has 0 atom stereocenters. The first-order valence-electron chi connectivity index (χ1n) is 11.1. The molecular formula is C26H25Cl2N3O3. The van der Waals surface area contributed by atoms with E-state index < -0.39 is 0 Å². The zero-order valence-electron chi connectivity index (χ0n) is 18.8. The van der Waals surface area contributed by atoms with Crippen LogP contribution >= 0.6 is 23.2 Å². The molecule has 0 aliphatic carbocycles. The second-order valence-electron chi connectivity index (χ2n) is 7.92. The van der Waals surface area contributed by atoms with E-state index in [0.29, 0.717) is 41.1 Å². The van der Waals surface area contributed by atoms with Gasteiger partial charge in [-0.2, -0.15) is 0 Å². The Bertz CT molecular complexity index is 1190. The lowest BCUT2D eigenvalue weighted by atomic mass is 10.2. The van der Waals surface area contributed by atoms with Gasteiger partial charge in [0.15, 0.2) is 0 Å². The van der Waals surface area contributed by atoms with Gasteiger partial charge in [-0.25, -0.2) is 0 Å². The number of amides is 2. The Kier molecular flexibility index (Phi) is 7.60. The number of halogens is 2. The minimum absolute atomic E-state index is 0.172. The molecule has 0 bridgehead atoms. The van der Waals surface area contributed by atoms with Crippen molar-refractivity contribution in [3.63, 3.8) is 0 Å². The van der Waals surface area contributed by atoms with E-state index in [-0.39, 0.29) is 11.8 Å². The maximum atomic E-state index is 12.6. The monoisotopic (exact) mass is 497 g/mol. The number of carbonyl (C=O) groups is 2. The van der Waals surface area contributed by atoms with Crippen LogP contribution in [0.1, 0.15) is 19.1 Å². The molecule has 176 valence electrons. The molecule has 4 rings (SSSR count). The topological polar surface area (TPSA) is 65.8 Å². The number of piperazine rings is 1. The van der Waals surface area contributed by atoms with Crippen molar-refractivity contribution in [3.8, 4) is 11.3 Å². The van der Waals surface area contributed by atoms with E-state index in [0.717, 1.165) is 30.0 Å². The highest BCUT2D eigenvalue weighted by molar-refractivity contribution is 6.35. The molecular weight excluding hydrogens is 473 g/mol. The standard InChI is InChI=1S/C26H25Cl2N3O3/c1-2-26(33)31-13-11-30(12-14-31)23-6-4-3-5-22(23)29-25(32)10-8-21-7-9-24(34-21)18-15-19(27)17-20(28)16-18/h3-10,15-17H,2,11-14H2,1H3,(H,29,32)/b10-8+. The van der Waals surface area contributed by atoms with E-state index in [1.54, 1.807) is 36.4 Å². The third-order valence-corrected chi connectivity index (χ3v) is 6.05. The summed E-state index contributed by atoms with van der Waals surface area (Å²) < 4.78 is 5.81. The molecule has 1 N–H and O–H groups in total. The first-order chi connectivity index (χ1) is 16.4. The lowest BCUT2D eigenvalue weighted by molar-refractivity contribution is -0.131. The highest BCUT2D eigenvalue weighted by Crippen LogP contribution is 2.29. The fraction of sp³-hybridized carbons (Fsp3) is 0.231. The summed E-state index contributed by atoms with van der Waals surface area (Å²) in [6.45, 7) is 4.67. The van der Waals surface area contributed by atoms with Crippen LogP contribution in [0.4, 0.5) is 11.4 Å². The molecule has 6 nitrogen and oxygen atoms in total.